The first-order valence-corrected chi connectivity index (χ1v) is 9.88. The van der Waals surface area contributed by atoms with Gasteiger partial charge in [0.05, 0.1) is 0 Å². The van der Waals surface area contributed by atoms with Crippen LogP contribution in [0.15, 0.2) is 24.3 Å². The third kappa shape index (κ3) is 4.62. The number of rotatable bonds is 4. The van der Waals surface area contributed by atoms with Crippen molar-refractivity contribution in [3.63, 3.8) is 0 Å². The lowest BCUT2D eigenvalue weighted by atomic mass is 9.81. The van der Waals surface area contributed by atoms with E-state index in [2.05, 4.69) is 29.4 Å². The number of nitrogens with one attached hydrogen (secondary N) is 2. The van der Waals surface area contributed by atoms with Gasteiger partial charge in [-0.1, -0.05) is 37.9 Å². The van der Waals surface area contributed by atoms with Crippen LogP contribution >= 0.6 is 23.8 Å². The third-order valence-corrected chi connectivity index (χ3v) is 5.57. The molecular formula is C19H28ClN3S. The summed E-state index contributed by atoms with van der Waals surface area (Å²) in [5, 5.41) is 8.23. The van der Waals surface area contributed by atoms with E-state index >= 15 is 0 Å². The van der Waals surface area contributed by atoms with Gasteiger partial charge in [-0.15, -0.1) is 0 Å². The number of fused-ring (bicyclic) bond motifs is 2. The van der Waals surface area contributed by atoms with E-state index in [0.29, 0.717) is 23.2 Å². The third-order valence-electron chi connectivity index (χ3n) is 5.12. The topological polar surface area (TPSA) is 27.3 Å². The molecule has 0 saturated carbocycles. The minimum atomic E-state index is 0.475. The highest BCUT2D eigenvalue weighted by Gasteiger charge is 2.38. The van der Waals surface area contributed by atoms with Gasteiger partial charge in [0.15, 0.2) is 5.11 Å². The number of hydrogen-bond donors (Lipinski definition) is 2. The van der Waals surface area contributed by atoms with Crippen molar-refractivity contribution in [1.82, 2.24) is 10.2 Å². The Kier molecular flexibility index (Phi) is 6.01. The van der Waals surface area contributed by atoms with Crippen molar-refractivity contribution in [2.24, 2.45) is 5.92 Å². The number of thiocarbonyl (C=S) groups is 1. The summed E-state index contributed by atoms with van der Waals surface area (Å²) < 4.78 is 0. The average Bonchev–Trinajstić information content (AvgIpc) is 2.47. The van der Waals surface area contributed by atoms with Crippen LogP contribution in [-0.4, -0.2) is 34.7 Å². The Labute approximate surface area is 156 Å². The molecule has 0 aromatic heterocycles. The molecule has 2 saturated heterocycles. The van der Waals surface area contributed by atoms with Crippen molar-refractivity contribution in [3.8, 4) is 0 Å². The summed E-state index contributed by atoms with van der Waals surface area (Å²) in [4.78, 5) is 2.76. The van der Waals surface area contributed by atoms with Crippen LogP contribution in [0.25, 0.3) is 0 Å². The molecule has 3 rings (SSSR count). The maximum atomic E-state index is 6.03. The molecule has 2 bridgehead atoms. The van der Waals surface area contributed by atoms with Gasteiger partial charge in [-0.2, -0.15) is 0 Å². The normalized spacial score (nSPS) is 27.1. The van der Waals surface area contributed by atoms with Crippen LogP contribution in [0.3, 0.4) is 0 Å². The predicted octanol–water partition coefficient (Wildman–Crippen LogP) is 4.67. The Morgan fingerprint density at radius 3 is 2.62 bits per heavy atom. The van der Waals surface area contributed by atoms with Gasteiger partial charge in [0.25, 0.3) is 0 Å². The number of hydrogen-bond acceptors (Lipinski definition) is 2. The number of piperidine rings is 2. The van der Waals surface area contributed by atoms with Gasteiger partial charge in [0, 0.05) is 35.4 Å². The van der Waals surface area contributed by atoms with Crippen LogP contribution < -0.4 is 10.6 Å². The monoisotopic (exact) mass is 365 g/mol. The van der Waals surface area contributed by atoms with Crippen molar-refractivity contribution in [3.05, 3.63) is 29.3 Å². The molecule has 0 radical (unpaired) electrons. The molecule has 5 heteroatoms. The second kappa shape index (κ2) is 8.03. The molecule has 3 nitrogen and oxygen atoms in total. The van der Waals surface area contributed by atoms with Crippen molar-refractivity contribution in [2.75, 3.05) is 11.9 Å². The second-order valence-electron chi connectivity index (χ2n) is 7.61. The molecule has 0 spiro atoms. The number of benzene rings is 1. The highest BCUT2D eigenvalue weighted by atomic mass is 35.5. The van der Waals surface area contributed by atoms with Crippen molar-refractivity contribution < 1.29 is 0 Å². The largest absolute Gasteiger partial charge is 0.360 e. The Balaban J connectivity index is 1.56. The molecule has 2 fully saturated rings. The van der Waals surface area contributed by atoms with E-state index in [4.69, 9.17) is 23.8 Å². The van der Waals surface area contributed by atoms with Gasteiger partial charge >= 0.3 is 0 Å². The molecule has 0 unspecified atom stereocenters. The second-order valence-corrected chi connectivity index (χ2v) is 8.45. The van der Waals surface area contributed by atoms with Gasteiger partial charge in [-0.25, -0.2) is 0 Å². The SMILES string of the molecule is CC(C)CN1[C@@H]2CCC[C@@H]1CC(NC(=S)Nc1cccc(Cl)c1)C2. The van der Waals surface area contributed by atoms with E-state index in [-0.39, 0.29) is 0 Å². The summed E-state index contributed by atoms with van der Waals surface area (Å²) in [6.07, 6.45) is 6.43. The van der Waals surface area contributed by atoms with Crippen molar-refractivity contribution in [1.29, 1.82) is 0 Å². The van der Waals surface area contributed by atoms with Crippen LogP contribution in [0.4, 0.5) is 5.69 Å². The fourth-order valence-electron chi connectivity index (χ4n) is 4.23. The maximum absolute atomic E-state index is 6.03. The lowest BCUT2D eigenvalue weighted by Gasteiger charge is -2.49. The summed E-state index contributed by atoms with van der Waals surface area (Å²) in [6, 6.07) is 9.59. The van der Waals surface area contributed by atoms with Crippen LogP contribution in [0.1, 0.15) is 46.0 Å². The fourth-order valence-corrected chi connectivity index (χ4v) is 4.71. The highest BCUT2D eigenvalue weighted by Crippen LogP contribution is 2.34. The lowest BCUT2D eigenvalue weighted by molar-refractivity contribution is 0.0191. The molecule has 2 aliphatic heterocycles. The van der Waals surface area contributed by atoms with E-state index in [1.165, 1.54) is 38.6 Å². The van der Waals surface area contributed by atoms with Crippen LogP contribution in [0.2, 0.25) is 5.02 Å². The first-order chi connectivity index (χ1) is 11.5. The Bertz CT molecular complexity index is 563. The molecule has 2 atom stereocenters. The van der Waals surface area contributed by atoms with Gasteiger partial charge < -0.3 is 10.6 Å². The fraction of sp³-hybridized carbons (Fsp3) is 0.632. The van der Waals surface area contributed by atoms with E-state index < -0.39 is 0 Å². The molecular weight excluding hydrogens is 338 g/mol. The molecule has 24 heavy (non-hydrogen) atoms. The minimum Gasteiger partial charge on any atom is -0.360 e. The van der Waals surface area contributed by atoms with Crippen molar-refractivity contribution >= 4 is 34.6 Å². The first kappa shape index (κ1) is 18.0. The Hall–Kier alpha value is -0.840. The summed E-state index contributed by atoms with van der Waals surface area (Å²) in [7, 11) is 0. The first-order valence-electron chi connectivity index (χ1n) is 9.10. The smallest absolute Gasteiger partial charge is 0.170 e. The zero-order valence-corrected chi connectivity index (χ0v) is 16.2. The Morgan fingerprint density at radius 2 is 2.00 bits per heavy atom. The number of nitrogens with zero attached hydrogens (tertiary/aromatic N) is 1. The molecule has 1 aromatic rings. The van der Waals surface area contributed by atoms with E-state index in [0.717, 1.165) is 16.6 Å². The molecule has 0 aliphatic carbocycles. The van der Waals surface area contributed by atoms with Gasteiger partial charge in [0.2, 0.25) is 0 Å². The molecule has 2 aliphatic rings. The molecule has 0 amide bonds. The van der Waals surface area contributed by atoms with Crippen LogP contribution in [0.5, 0.6) is 0 Å². The standard InChI is InChI=1S/C19H28ClN3S/c1-13(2)12-23-17-7-4-8-18(23)11-16(10-17)22-19(24)21-15-6-3-5-14(20)9-15/h3,5-6,9,13,16-18H,4,7-8,10-12H2,1-2H3,(H2,21,22,24)/t17-,18-/m1/s1. The summed E-state index contributed by atoms with van der Waals surface area (Å²) in [6.45, 7) is 5.88. The van der Waals surface area contributed by atoms with Crippen LogP contribution in [-0.2, 0) is 0 Å². The molecule has 2 heterocycles. The summed E-state index contributed by atoms with van der Waals surface area (Å²) in [5.74, 6) is 0.739. The predicted molar refractivity (Wildman–Crippen MR) is 107 cm³/mol. The maximum Gasteiger partial charge on any atom is 0.170 e. The van der Waals surface area contributed by atoms with E-state index in [1.54, 1.807) is 0 Å². The minimum absolute atomic E-state index is 0.475. The quantitative estimate of drug-likeness (QED) is 0.758. The lowest BCUT2D eigenvalue weighted by Crippen LogP contribution is -2.58. The van der Waals surface area contributed by atoms with Gasteiger partial charge in [-0.05, 0) is 62.0 Å². The molecule has 1 aromatic carbocycles. The van der Waals surface area contributed by atoms with E-state index in [9.17, 15) is 0 Å². The van der Waals surface area contributed by atoms with Crippen molar-refractivity contribution in [2.45, 2.75) is 64.1 Å². The average molecular weight is 366 g/mol. The van der Waals surface area contributed by atoms with E-state index in [1.807, 2.05) is 24.3 Å². The summed E-state index contributed by atoms with van der Waals surface area (Å²) >= 11 is 11.5. The highest BCUT2D eigenvalue weighted by molar-refractivity contribution is 7.80. The summed E-state index contributed by atoms with van der Waals surface area (Å²) in [5.41, 5.74) is 0.942. The zero-order valence-electron chi connectivity index (χ0n) is 14.6. The van der Waals surface area contributed by atoms with Gasteiger partial charge in [-0.3, -0.25) is 4.90 Å². The van der Waals surface area contributed by atoms with Crippen LogP contribution in [0, 0.1) is 5.92 Å². The Morgan fingerprint density at radius 1 is 1.29 bits per heavy atom. The molecule has 2 N–H and O–H groups in total. The number of anilines is 1. The number of halogens is 1. The zero-order chi connectivity index (χ0) is 17.1. The molecule has 132 valence electrons. The van der Waals surface area contributed by atoms with Gasteiger partial charge in [0.1, 0.15) is 0 Å².